The van der Waals surface area contributed by atoms with Crippen LogP contribution in [0.25, 0.3) is 10.2 Å². The highest BCUT2D eigenvalue weighted by Crippen LogP contribution is 2.26. The predicted octanol–water partition coefficient (Wildman–Crippen LogP) is 3.82. The van der Waals surface area contributed by atoms with E-state index in [4.69, 9.17) is 11.6 Å². The molecular formula is C19H17ClN4O3S. The summed E-state index contributed by atoms with van der Waals surface area (Å²) in [6, 6.07) is 12.3. The lowest BCUT2D eigenvalue weighted by atomic mass is 10.1. The first kappa shape index (κ1) is 18.8. The molecule has 28 heavy (non-hydrogen) atoms. The summed E-state index contributed by atoms with van der Waals surface area (Å²) in [5.74, 6) is -0.209. The number of carbonyl (C=O) groups is 1. The summed E-state index contributed by atoms with van der Waals surface area (Å²) in [6.07, 6.45) is 0. The van der Waals surface area contributed by atoms with E-state index in [1.165, 1.54) is 22.9 Å². The third-order valence-electron chi connectivity index (χ3n) is 4.75. The summed E-state index contributed by atoms with van der Waals surface area (Å²) in [7, 11) is 0. The van der Waals surface area contributed by atoms with Gasteiger partial charge in [0.05, 0.1) is 21.7 Å². The Hall–Kier alpha value is -2.55. The number of rotatable bonds is 4. The Morgan fingerprint density at radius 2 is 1.93 bits per heavy atom. The summed E-state index contributed by atoms with van der Waals surface area (Å²) in [6.45, 7) is 3.36. The number of nitro benzene ring substituents is 1. The molecule has 1 aliphatic rings. The third kappa shape index (κ3) is 3.84. The van der Waals surface area contributed by atoms with Crippen molar-refractivity contribution in [3.8, 4) is 0 Å². The number of fused-ring (bicyclic) bond motifs is 1. The van der Waals surface area contributed by atoms with E-state index < -0.39 is 4.92 Å². The molecule has 0 atom stereocenters. The number of amides is 1. The number of para-hydroxylation sites is 1. The van der Waals surface area contributed by atoms with Gasteiger partial charge in [0.1, 0.15) is 10.0 Å². The van der Waals surface area contributed by atoms with Crippen LogP contribution in [0.2, 0.25) is 5.02 Å². The second kappa shape index (κ2) is 7.83. The zero-order valence-corrected chi connectivity index (χ0v) is 16.4. The Morgan fingerprint density at radius 3 is 2.64 bits per heavy atom. The van der Waals surface area contributed by atoms with Gasteiger partial charge in [0, 0.05) is 37.8 Å². The topological polar surface area (TPSA) is 79.6 Å². The molecule has 1 amide bonds. The molecule has 0 bridgehead atoms. The SMILES string of the molecule is O=C(c1ccc(Cl)c([N+](=O)[O-])c1)N1CCN(Cc2nc3ccccc3s2)CC1. The van der Waals surface area contributed by atoms with E-state index in [2.05, 4.69) is 16.0 Å². The standard InChI is InChI=1S/C19H17ClN4O3S/c20-14-6-5-13(11-16(14)24(26)27)19(25)23-9-7-22(8-10-23)12-18-21-15-3-1-2-4-17(15)28-18/h1-6,11H,7-10,12H2. The Balaban J connectivity index is 1.39. The first-order valence-corrected chi connectivity index (χ1v) is 10.0. The molecule has 0 aliphatic carbocycles. The van der Waals surface area contributed by atoms with Crippen LogP contribution >= 0.6 is 22.9 Å². The minimum absolute atomic E-state index is 0.0298. The summed E-state index contributed by atoms with van der Waals surface area (Å²) >= 11 is 7.52. The molecule has 1 aliphatic heterocycles. The smallest absolute Gasteiger partial charge is 0.288 e. The van der Waals surface area contributed by atoms with Crippen molar-refractivity contribution < 1.29 is 9.72 Å². The van der Waals surface area contributed by atoms with Crippen molar-refractivity contribution in [3.05, 3.63) is 68.2 Å². The van der Waals surface area contributed by atoms with Gasteiger partial charge in [0.15, 0.2) is 0 Å². The fraction of sp³-hybridized carbons (Fsp3) is 0.263. The maximum absolute atomic E-state index is 12.7. The number of nitrogens with zero attached hydrogens (tertiary/aromatic N) is 4. The van der Waals surface area contributed by atoms with Crippen LogP contribution in [-0.2, 0) is 6.54 Å². The van der Waals surface area contributed by atoms with Gasteiger partial charge in [-0.1, -0.05) is 23.7 Å². The zero-order chi connectivity index (χ0) is 19.7. The van der Waals surface area contributed by atoms with Gasteiger partial charge in [-0.3, -0.25) is 19.8 Å². The van der Waals surface area contributed by atoms with Crippen molar-refractivity contribution in [1.29, 1.82) is 0 Å². The van der Waals surface area contributed by atoms with Crippen LogP contribution in [0.5, 0.6) is 0 Å². The molecule has 0 saturated carbocycles. The van der Waals surface area contributed by atoms with E-state index in [0.717, 1.165) is 30.2 Å². The van der Waals surface area contributed by atoms with Gasteiger partial charge in [-0.05, 0) is 24.3 Å². The average molecular weight is 417 g/mol. The molecule has 0 unspecified atom stereocenters. The molecule has 0 spiro atoms. The highest BCUT2D eigenvalue weighted by atomic mass is 35.5. The van der Waals surface area contributed by atoms with Gasteiger partial charge in [-0.15, -0.1) is 11.3 Å². The summed E-state index contributed by atoms with van der Waals surface area (Å²) in [4.78, 5) is 31.8. The van der Waals surface area contributed by atoms with Crippen LogP contribution in [0.4, 0.5) is 5.69 Å². The number of carbonyl (C=O) groups excluding carboxylic acids is 1. The lowest BCUT2D eigenvalue weighted by Gasteiger charge is -2.34. The molecule has 2 heterocycles. The summed E-state index contributed by atoms with van der Waals surface area (Å²) < 4.78 is 1.18. The van der Waals surface area contributed by atoms with Crippen LogP contribution in [0.3, 0.4) is 0 Å². The van der Waals surface area contributed by atoms with Gasteiger partial charge in [-0.2, -0.15) is 0 Å². The maximum Gasteiger partial charge on any atom is 0.288 e. The van der Waals surface area contributed by atoms with E-state index in [9.17, 15) is 14.9 Å². The molecular weight excluding hydrogens is 400 g/mol. The monoisotopic (exact) mass is 416 g/mol. The Labute approximate surface area is 170 Å². The van der Waals surface area contributed by atoms with E-state index >= 15 is 0 Å². The lowest BCUT2D eigenvalue weighted by Crippen LogP contribution is -2.48. The number of hydrogen-bond donors (Lipinski definition) is 0. The van der Waals surface area contributed by atoms with Crippen molar-refractivity contribution in [1.82, 2.24) is 14.8 Å². The van der Waals surface area contributed by atoms with E-state index in [-0.39, 0.29) is 22.2 Å². The largest absolute Gasteiger partial charge is 0.336 e. The molecule has 144 valence electrons. The molecule has 3 aromatic rings. The minimum atomic E-state index is -0.574. The lowest BCUT2D eigenvalue weighted by molar-refractivity contribution is -0.384. The van der Waals surface area contributed by atoms with E-state index in [1.807, 2.05) is 18.2 Å². The molecule has 0 radical (unpaired) electrons. The number of piperazine rings is 1. The molecule has 1 saturated heterocycles. The van der Waals surface area contributed by atoms with Gasteiger partial charge >= 0.3 is 0 Å². The Kier molecular flexibility index (Phi) is 5.25. The second-order valence-electron chi connectivity index (χ2n) is 6.57. The van der Waals surface area contributed by atoms with Crippen molar-refractivity contribution >= 4 is 44.7 Å². The van der Waals surface area contributed by atoms with Gasteiger partial charge in [-0.25, -0.2) is 4.98 Å². The van der Waals surface area contributed by atoms with Gasteiger partial charge in [0.2, 0.25) is 0 Å². The molecule has 7 nitrogen and oxygen atoms in total. The number of aromatic nitrogens is 1. The molecule has 1 aromatic heterocycles. The van der Waals surface area contributed by atoms with Crippen LogP contribution in [0, 0.1) is 10.1 Å². The first-order chi connectivity index (χ1) is 13.5. The van der Waals surface area contributed by atoms with Crippen molar-refractivity contribution in [2.45, 2.75) is 6.54 Å². The fourth-order valence-corrected chi connectivity index (χ4v) is 4.45. The fourth-order valence-electron chi connectivity index (χ4n) is 3.26. The normalized spacial score (nSPS) is 15.1. The zero-order valence-electron chi connectivity index (χ0n) is 14.9. The summed E-state index contributed by atoms with van der Waals surface area (Å²) in [5.41, 5.74) is 1.05. The van der Waals surface area contributed by atoms with Crippen LogP contribution in [-0.4, -0.2) is 51.8 Å². The van der Waals surface area contributed by atoms with E-state index in [1.54, 1.807) is 16.2 Å². The van der Waals surface area contributed by atoms with Crippen molar-refractivity contribution in [3.63, 3.8) is 0 Å². The quantitative estimate of drug-likeness (QED) is 0.477. The summed E-state index contributed by atoms with van der Waals surface area (Å²) in [5, 5.41) is 12.1. The molecule has 0 N–H and O–H groups in total. The van der Waals surface area contributed by atoms with E-state index in [0.29, 0.717) is 13.1 Å². The van der Waals surface area contributed by atoms with Crippen molar-refractivity contribution in [2.75, 3.05) is 26.2 Å². The predicted molar refractivity (Wildman–Crippen MR) is 109 cm³/mol. The number of halogens is 1. The number of nitro groups is 1. The van der Waals surface area contributed by atoms with Crippen LogP contribution in [0.15, 0.2) is 42.5 Å². The number of thiazole rings is 1. The molecule has 1 fully saturated rings. The van der Waals surface area contributed by atoms with Gasteiger partial charge in [0.25, 0.3) is 11.6 Å². The second-order valence-corrected chi connectivity index (χ2v) is 8.09. The highest BCUT2D eigenvalue weighted by Gasteiger charge is 2.24. The molecule has 9 heteroatoms. The van der Waals surface area contributed by atoms with Crippen LogP contribution in [0.1, 0.15) is 15.4 Å². The first-order valence-electron chi connectivity index (χ1n) is 8.81. The minimum Gasteiger partial charge on any atom is -0.336 e. The molecule has 4 rings (SSSR count). The van der Waals surface area contributed by atoms with Crippen LogP contribution < -0.4 is 0 Å². The molecule has 2 aromatic carbocycles. The van der Waals surface area contributed by atoms with Gasteiger partial charge < -0.3 is 4.90 Å². The number of hydrogen-bond acceptors (Lipinski definition) is 6. The van der Waals surface area contributed by atoms with Crippen molar-refractivity contribution in [2.24, 2.45) is 0 Å². The Morgan fingerprint density at radius 1 is 1.18 bits per heavy atom. The third-order valence-corrected chi connectivity index (χ3v) is 6.09. The number of benzene rings is 2. The highest BCUT2D eigenvalue weighted by molar-refractivity contribution is 7.18. The Bertz CT molecular complexity index is 1010. The maximum atomic E-state index is 12.7. The average Bonchev–Trinajstić information content (AvgIpc) is 3.10.